The number of rotatable bonds is 4. The lowest BCUT2D eigenvalue weighted by Gasteiger charge is -2.06. The Morgan fingerprint density at radius 1 is 1.16 bits per heavy atom. The van der Waals surface area contributed by atoms with Gasteiger partial charge in [0.2, 0.25) is 0 Å². The number of carbonyl (C=O) groups excluding carboxylic acids is 1. The summed E-state index contributed by atoms with van der Waals surface area (Å²) in [5.41, 5.74) is 4.21. The molecule has 4 aromatic rings. The number of hydrogen-bond donors (Lipinski definition) is 2. The Labute approximate surface area is 144 Å². The normalized spacial score (nSPS) is 10.9. The minimum absolute atomic E-state index is 0.141. The molecule has 0 radical (unpaired) electrons. The highest BCUT2D eigenvalue weighted by Crippen LogP contribution is 2.22. The molecule has 1 amide bonds. The fourth-order valence-electron chi connectivity index (χ4n) is 2.93. The van der Waals surface area contributed by atoms with Crippen LogP contribution in [-0.4, -0.2) is 25.9 Å². The number of nitrogens with one attached hydrogen (secondary N) is 2. The van der Waals surface area contributed by atoms with Gasteiger partial charge < -0.3 is 5.32 Å². The fourth-order valence-corrected chi connectivity index (χ4v) is 2.93. The second-order valence-corrected chi connectivity index (χ2v) is 5.87. The van der Waals surface area contributed by atoms with Crippen LogP contribution >= 0.6 is 0 Å². The molecule has 0 fully saturated rings. The molecule has 0 unspecified atom stereocenters. The van der Waals surface area contributed by atoms with Gasteiger partial charge in [-0.1, -0.05) is 42.5 Å². The van der Waals surface area contributed by atoms with E-state index in [1.54, 1.807) is 16.9 Å². The summed E-state index contributed by atoms with van der Waals surface area (Å²) in [6.45, 7) is 0.404. The van der Waals surface area contributed by atoms with Crippen LogP contribution in [0.15, 0.2) is 60.9 Å². The lowest BCUT2D eigenvalue weighted by atomic mass is 10.1. The largest absolute Gasteiger partial charge is 0.348 e. The highest BCUT2D eigenvalue weighted by Gasteiger charge is 2.14. The number of aromatic nitrogens is 4. The highest BCUT2D eigenvalue weighted by atomic mass is 16.1. The van der Waals surface area contributed by atoms with Crippen LogP contribution in [-0.2, 0) is 13.6 Å². The lowest BCUT2D eigenvalue weighted by Crippen LogP contribution is -2.23. The van der Waals surface area contributed by atoms with Gasteiger partial charge in [0.05, 0.1) is 23.0 Å². The van der Waals surface area contributed by atoms with Crippen molar-refractivity contribution in [1.82, 2.24) is 25.3 Å². The van der Waals surface area contributed by atoms with Gasteiger partial charge in [-0.25, -0.2) is 0 Å². The number of aromatic amines is 1. The van der Waals surface area contributed by atoms with Crippen LogP contribution in [0.1, 0.15) is 15.9 Å². The molecule has 6 heteroatoms. The molecule has 0 aliphatic heterocycles. The molecule has 0 aliphatic carbocycles. The van der Waals surface area contributed by atoms with Crippen molar-refractivity contribution in [3.8, 4) is 11.3 Å². The number of hydrogen-bond acceptors (Lipinski definition) is 3. The van der Waals surface area contributed by atoms with Crippen molar-refractivity contribution in [1.29, 1.82) is 0 Å². The Kier molecular flexibility index (Phi) is 3.78. The first-order chi connectivity index (χ1) is 12.2. The van der Waals surface area contributed by atoms with Crippen molar-refractivity contribution >= 4 is 16.8 Å². The molecule has 0 spiro atoms. The fraction of sp³-hybridized carbons (Fsp3) is 0.105. The zero-order valence-corrected chi connectivity index (χ0v) is 13.7. The molecule has 0 aliphatic rings. The van der Waals surface area contributed by atoms with Crippen molar-refractivity contribution in [3.63, 3.8) is 0 Å². The second kappa shape index (κ2) is 6.24. The van der Waals surface area contributed by atoms with E-state index in [1.165, 1.54) is 0 Å². The van der Waals surface area contributed by atoms with Gasteiger partial charge in [0.25, 0.3) is 5.91 Å². The summed E-state index contributed by atoms with van der Waals surface area (Å²) in [4.78, 5) is 12.6. The number of benzene rings is 2. The van der Waals surface area contributed by atoms with E-state index in [4.69, 9.17) is 0 Å². The molecule has 2 aromatic carbocycles. The predicted octanol–water partition coefficient (Wildman–Crippen LogP) is 2.89. The van der Waals surface area contributed by atoms with Gasteiger partial charge in [-0.2, -0.15) is 10.2 Å². The SMILES string of the molecule is Cn1cc(CNC(=O)c2cccc3cn[nH]c23)c(-c2ccccc2)n1. The van der Waals surface area contributed by atoms with Crippen LogP contribution in [0.2, 0.25) is 0 Å². The molecule has 124 valence electrons. The van der Waals surface area contributed by atoms with Gasteiger partial charge in [-0.05, 0) is 6.07 Å². The molecule has 6 nitrogen and oxygen atoms in total. The summed E-state index contributed by atoms with van der Waals surface area (Å²) < 4.78 is 1.76. The van der Waals surface area contributed by atoms with Gasteiger partial charge in [0.15, 0.2) is 0 Å². The Bertz CT molecular complexity index is 1030. The lowest BCUT2D eigenvalue weighted by molar-refractivity contribution is 0.0952. The molecule has 4 rings (SSSR count). The van der Waals surface area contributed by atoms with Gasteiger partial charge in [0.1, 0.15) is 0 Å². The maximum absolute atomic E-state index is 12.6. The molecule has 0 atom stereocenters. The van der Waals surface area contributed by atoms with Gasteiger partial charge >= 0.3 is 0 Å². The molecule has 0 bridgehead atoms. The van der Waals surface area contributed by atoms with E-state index >= 15 is 0 Å². The third-order valence-corrected chi connectivity index (χ3v) is 4.11. The van der Waals surface area contributed by atoms with Gasteiger partial charge in [-0.15, -0.1) is 0 Å². The molecule has 0 saturated carbocycles. The van der Waals surface area contributed by atoms with Crippen LogP contribution in [0, 0.1) is 0 Å². The molecule has 2 heterocycles. The topological polar surface area (TPSA) is 75.6 Å². The summed E-state index contributed by atoms with van der Waals surface area (Å²) in [7, 11) is 1.88. The molecule has 25 heavy (non-hydrogen) atoms. The number of para-hydroxylation sites is 1. The summed E-state index contributed by atoms with van der Waals surface area (Å²) in [6.07, 6.45) is 3.64. The third kappa shape index (κ3) is 2.89. The zero-order chi connectivity index (χ0) is 17.2. The van der Waals surface area contributed by atoms with Crippen molar-refractivity contribution in [2.45, 2.75) is 6.54 Å². The minimum atomic E-state index is -0.141. The summed E-state index contributed by atoms with van der Waals surface area (Å²) in [5.74, 6) is -0.141. The van der Waals surface area contributed by atoms with Crippen LogP contribution in [0.3, 0.4) is 0 Å². The highest BCUT2D eigenvalue weighted by molar-refractivity contribution is 6.05. The first-order valence-electron chi connectivity index (χ1n) is 8.00. The van der Waals surface area contributed by atoms with Crippen LogP contribution in [0.5, 0.6) is 0 Å². The smallest absolute Gasteiger partial charge is 0.253 e. The van der Waals surface area contributed by atoms with E-state index in [0.29, 0.717) is 12.1 Å². The molecule has 0 saturated heterocycles. The Hall–Kier alpha value is -3.41. The monoisotopic (exact) mass is 331 g/mol. The van der Waals surface area contributed by atoms with Crippen molar-refractivity contribution in [2.75, 3.05) is 0 Å². The number of carbonyl (C=O) groups is 1. The minimum Gasteiger partial charge on any atom is -0.348 e. The average Bonchev–Trinajstić information content (AvgIpc) is 3.26. The number of nitrogens with zero attached hydrogens (tertiary/aromatic N) is 3. The Morgan fingerprint density at radius 3 is 2.84 bits per heavy atom. The Balaban J connectivity index is 1.58. The third-order valence-electron chi connectivity index (χ3n) is 4.11. The van der Waals surface area contributed by atoms with E-state index in [0.717, 1.165) is 27.7 Å². The first-order valence-corrected chi connectivity index (χ1v) is 8.00. The zero-order valence-electron chi connectivity index (χ0n) is 13.7. The van der Waals surface area contributed by atoms with Crippen LogP contribution < -0.4 is 5.32 Å². The van der Waals surface area contributed by atoms with Gasteiger partial charge in [-0.3, -0.25) is 14.6 Å². The standard InChI is InChI=1S/C19H17N5O/c1-24-12-15(17(23-24)13-6-3-2-4-7-13)10-20-19(25)16-9-5-8-14-11-21-22-18(14)16/h2-9,11-12H,10H2,1H3,(H,20,25)(H,21,22). The Morgan fingerprint density at radius 2 is 2.00 bits per heavy atom. The average molecular weight is 331 g/mol. The second-order valence-electron chi connectivity index (χ2n) is 5.87. The molecular formula is C19H17N5O. The van der Waals surface area contributed by atoms with E-state index in [9.17, 15) is 4.79 Å². The summed E-state index contributed by atoms with van der Waals surface area (Å²) in [6, 6.07) is 15.5. The maximum Gasteiger partial charge on any atom is 0.253 e. The molecule has 2 aromatic heterocycles. The predicted molar refractivity (Wildman–Crippen MR) is 95.9 cm³/mol. The number of amides is 1. The quantitative estimate of drug-likeness (QED) is 0.604. The molecular weight excluding hydrogens is 314 g/mol. The summed E-state index contributed by atoms with van der Waals surface area (Å²) >= 11 is 0. The number of H-pyrrole nitrogens is 1. The molecule has 2 N–H and O–H groups in total. The van der Waals surface area contributed by atoms with Crippen molar-refractivity contribution in [2.24, 2.45) is 7.05 Å². The maximum atomic E-state index is 12.6. The van der Waals surface area contributed by atoms with Crippen LogP contribution in [0.25, 0.3) is 22.2 Å². The van der Waals surface area contributed by atoms with Crippen molar-refractivity contribution in [3.05, 3.63) is 72.1 Å². The van der Waals surface area contributed by atoms with Crippen molar-refractivity contribution < 1.29 is 4.79 Å². The first kappa shape index (κ1) is 15.1. The summed E-state index contributed by atoms with van der Waals surface area (Å²) in [5, 5.41) is 15.3. The van der Waals surface area contributed by atoms with E-state index in [1.807, 2.05) is 55.7 Å². The van der Waals surface area contributed by atoms with Gasteiger partial charge in [0, 0.05) is 36.3 Å². The number of fused-ring (bicyclic) bond motifs is 1. The van der Waals surface area contributed by atoms with E-state index in [-0.39, 0.29) is 5.91 Å². The number of aryl methyl sites for hydroxylation is 1. The van der Waals surface area contributed by atoms with Crippen LogP contribution in [0.4, 0.5) is 0 Å². The van der Waals surface area contributed by atoms with E-state index < -0.39 is 0 Å². The van der Waals surface area contributed by atoms with E-state index in [2.05, 4.69) is 20.6 Å².